The van der Waals surface area contributed by atoms with Crippen molar-refractivity contribution in [3.8, 4) is 0 Å². The smallest absolute Gasteiger partial charge is 0.146 e. The molecule has 1 saturated carbocycles. The van der Waals surface area contributed by atoms with Crippen molar-refractivity contribution < 1.29 is 4.39 Å². The molecule has 1 aliphatic heterocycles. The van der Waals surface area contributed by atoms with Crippen molar-refractivity contribution >= 4 is 17.3 Å². The number of hydrogen-bond donors (Lipinski definition) is 0. The number of benzene rings is 1. The normalized spacial score (nSPS) is 27.3. The fraction of sp³-hybridized carbons (Fsp3) is 0.600. The number of piperidine rings is 1. The molecule has 0 amide bonds. The van der Waals surface area contributed by atoms with Gasteiger partial charge in [-0.25, -0.2) is 4.39 Å². The number of fused-ring (bicyclic) bond motifs is 1. The number of halogens is 2. The van der Waals surface area contributed by atoms with Crippen LogP contribution in [0, 0.1) is 11.7 Å². The second-order valence-electron chi connectivity index (χ2n) is 5.48. The molecule has 1 heterocycles. The van der Waals surface area contributed by atoms with E-state index >= 15 is 0 Å². The molecule has 0 radical (unpaired) electrons. The molecule has 1 nitrogen and oxygen atoms in total. The summed E-state index contributed by atoms with van der Waals surface area (Å²) < 4.78 is 14.2. The van der Waals surface area contributed by atoms with E-state index in [9.17, 15) is 4.39 Å². The quantitative estimate of drug-likeness (QED) is 0.721. The van der Waals surface area contributed by atoms with E-state index in [2.05, 4.69) is 4.90 Å². The molecule has 0 spiro atoms. The molecule has 3 rings (SSSR count). The van der Waals surface area contributed by atoms with Crippen LogP contribution >= 0.6 is 11.6 Å². The number of alkyl halides is 1. The highest BCUT2D eigenvalue weighted by Crippen LogP contribution is 2.41. The van der Waals surface area contributed by atoms with Gasteiger partial charge in [0.05, 0.1) is 5.69 Å². The van der Waals surface area contributed by atoms with Gasteiger partial charge >= 0.3 is 0 Å². The van der Waals surface area contributed by atoms with Gasteiger partial charge in [0.2, 0.25) is 0 Å². The molecule has 0 bridgehead atoms. The second-order valence-corrected chi connectivity index (χ2v) is 5.74. The van der Waals surface area contributed by atoms with Gasteiger partial charge in [-0.2, -0.15) is 0 Å². The molecule has 18 heavy (non-hydrogen) atoms. The lowest BCUT2D eigenvalue weighted by atomic mass is 9.91. The van der Waals surface area contributed by atoms with Crippen molar-refractivity contribution in [2.24, 2.45) is 5.92 Å². The van der Waals surface area contributed by atoms with Gasteiger partial charge in [-0.3, -0.25) is 0 Å². The van der Waals surface area contributed by atoms with E-state index < -0.39 is 0 Å². The molecule has 1 aliphatic carbocycles. The summed E-state index contributed by atoms with van der Waals surface area (Å²) >= 11 is 5.97. The zero-order chi connectivity index (χ0) is 12.5. The zero-order valence-electron chi connectivity index (χ0n) is 10.5. The minimum Gasteiger partial charge on any atom is -0.366 e. The summed E-state index contributed by atoms with van der Waals surface area (Å²) in [7, 11) is 0. The summed E-state index contributed by atoms with van der Waals surface area (Å²) in [4.78, 5) is 2.30. The third-order valence-electron chi connectivity index (χ3n) is 4.49. The second kappa shape index (κ2) is 5.08. The lowest BCUT2D eigenvalue weighted by molar-refractivity contribution is 0.359. The number of rotatable bonds is 2. The van der Waals surface area contributed by atoms with E-state index in [1.165, 1.54) is 32.1 Å². The first-order valence-electron chi connectivity index (χ1n) is 6.91. The summed E-state index contributed by atoms with van der Waals surface area (Å²) in [6.45, 7) is 0.978. The van der Waals surface area contributed by atoms with Crippen LogP contribution in [0.4, 0.5) is 10.1 Å². The predicted molar refractivity (Wildman–Crippen MR) is 73.7 cm³/mol. The summed E-state index contributed by atoms with van der Waals surface area (Å²) in [5.74, 6) is 1.04. The van der Waals surface area contributed by atoms with E-state index in [1.54, 1.807) is 12.1 Å². The number of para-hydroxylation sites is 1. The molecule has 1 aromatic rings. The van der Waals surface area contributed by atoms with Gasteiger partial charge in [0.15, 0.2) is 0 Å². The molecule has 0 N–H and O–H groups in total. The standard InChI is InChI=1S/C15H19ClFN/c16-10-12-5-1-7-13(17)15(12)18-9-3-6-11-4-2-8-14(11)18/h1,5,7,11,14H,2-4,6,8-10H2. The van der Waals surface area contributed by atoms with Crippen molar-refractivity contribution in [3.63, 3.8) is 0 Å². The van der Waals surface area contributed by atoms with Crippen molar-refractivity contribution in [1.29, 1.82) is 0 Å². The molecule has 3 heteroatoms. The van der Waals surface area contributed by atoms with Crippen LogP contribution in [0.5, 0.6) is 0 Å². The average molecular weight is 268 g/mol. The van der Waals surface area contributed by atoms with Crippen LogP contribution in [0.15, 0.2) is 18.2 Å². The van der Waals surface area contributed by atoms with Crippen LogP contribution in [-0.4, -0.2) is 12.6 Å². The van der Waals surface area contributed by atoms with Crippen LogP contribution in [0.3, 0.4) is 0 Å². The van der Waals surface area contributed by atoms with Gasteiger partial charge in [0.1, 0.15) is 5.82 Å². The lowest BCUT2D eigenvalue weighted by Gasteiger charge is -2.40. The van der Waals surface area contributed by atoms with E-state index in [-0.39, 0.29) is 5.82 Å². The Morgan fingerprint density at radius 2 is 2.06 bits per heavy atom. The summed E-state index contributed by atoms with van der Waals surface area (Å²) in [5.41, 5.74) is 1.70. The molecule has 2 fully saturated rings. The Bertz CT molecular complexity index is 435. The largest absolute Gasteiger partial charge is 0.366 e. The summed E-state index contributed by atoms with van der Waals surface area (Å²) in [6.07, 6.45) is 6.30. The molecule has 1 saturated heterocycles. The topological polar surface area (TPSA) is 3.24 Å². The zero-order valence-corrected chi connectivity index (χ0v) is 11.3. The maximum atomic E-state index is 14.2. The van der Waals surface area contributed by atoms with Gasteiger partial charge < -0.3 is 4.90 Å². The molecule has 2 unspecified atom stereocenters. The van der Waals surface area contributed by atoms with Crippen molar-refractivity contribution in [3.05, 3.63) is 29.6 Å². The maximum Gasteiger partial charge on any atom is 0.146 e. The minimum absolute atomic E-state index is 0.110. The van der Waals surface area contributed by atoms with Gasteiger partial charge in [0, 0.05) is 18.5 Å². The maximum absolute atomic E-state index is 14.2. The van der Waals surface area contributed by atoms with Crippen LogP contribution in [-0.2, 0) is 5.88 Å². The lowest BCUT2D eigenvalue weighted by Crippen LogP contribution is -2.43. The number of hydrogen-bond acceptors (Lipinski definition) is 1. The van der Waals surface area contributed by atoms with Crippen LogP contribution in [0.2, 0.25) is 0 Å². The van der Waals surface area contributed by atoms with E-state index in [0.717, 1.165) is 23.7 Å². The summed E-state index contributed by atoms with van der Waals surface area (Å²) in [6, 6.07) is 5.80. The van der Waals surface area contributed by atoms with Crippen molar-refractivity contribution in [2.45, 2.75) is 44.0 Å². The molecular weight excluding hydrogens is 249 g/mol. The molecule has 98 valence electrons. The Hall–Kier alpha value is -0.760. The Balaban J connectivity index is 1.98. The predicted octanol–water partition coefficient (Wildman–Crippen LogP) is 4.33. The summed E-state index contributed by atoms with van der Waals surface area (Å²) in [5, 5.41) is 0. The average Bonchev–Trinajstić information content (AvgIpc) is 2.86. The Morgan fingerprint density at radius 3 is 2.89 bits per heavy atom. The number of nitrogens with zero attached hydrogens (tertiary/aromatic N) is 1. The third kappa shape index (κ3) is 2.01. The highest BCUT2D eigenvalue weighted by Gasteiger charge is 2.36. The fourth-order valence-electron chi connectivity index (χ4n) is 3.72. The molecule has 0 aromatic heterocycles. The number of anilines is 1. The van der Waals surface area contributed by atoms with Crippen molar-refractivity contribution in [2.75, 3.05) is 11.4 Å². The van der Waals surface area contributed by atoms with Crippen LogP contribution < -0.4 is 4.90 Å². The van der Waals surface area contributed by atoms with Crippen LogP contribution in [0.1, 0.15) is 37.7 Å². The van der Waals surface area contributed by atoms with E-state index in [0.29, 0.717) is 11.9 Å². The Labute approximate surface area is 113 Å². The van der Waals surface area contributed by atoms with Crippen molar-refractivity contribution in [1.82, 2.24) is 0 Å². The van der Waals surface area contributed by atoms with Gasteiger partial charge in [0.25, 0.3) is 0 Å². The molecule has 2 atom stereocenters. The molecule has 1 aromatic carbocycles. The third-order valence-corrected chi connectivity index (χ3v) is 4.78. The Morgan fingerprint density at radius 1 is 1.22 bits per heavy atom. The fourth-order valence-corrected chi connectivity index (χ4v) is 3.94. The monoisotopic (exact) mass is 267 g/mol. The first-order valence-corrected chi connectivity index (χ1v) is 7.44. The highest BCUT2D eigenvalue weighted by atomic mass is 35.5. The van der Waals surface area contributed by atoms with E-state index in [1.807, 2.05) is 6.07 Å². The first-order chi connectivity index (χ1) is 8.81. The van der Waals surface area contributed by atoms with E-state index in [4.69, 9.17) is 11.6 Å². The van der Waals surface area contributed by atoms with Gasteiger partial charge in [-0.05, 0) is 43.2 Å². The Kier molecular flexibility index (Phi) is 3.47. The van der Waals surface area contributed by atoms with Crippen LogP contribution in [0.25, 0.3) is 0 Å². The first kappa shape index (κ1) is 12.3. The SMILES string of the molecule is Fc1cccc(CCl)c1N1CCCC2CCCC21. The van der Waals surface area contributed by atoms with Gasteiger partial charge in [-0.1, -0.05) is 18.6 Å². The molecule has 2 aliphatic rings. The highest BCUT2D eigenvalue weighted by molar-refractivity contribution is 6.17. The molecular formula is C15H19ClFN. The minimum atomic E-state index is -0.110. The van der Waals surface area contributed by atoms with Gasteiger partial charge in [-0.15, -0.1) is 11.6 Å².